The van der Waals surface area contributed by atoms with Crippen LogP contribution in [0.4, 0.5) is 10.2 Å². The van der Waals surface area contributed by atoms with Crippen molar-refractivity contribution in [3.8, 4) is 11.3 Å². The van der Waals surface area contributed by atoms with Gasteiger partial charge in [-0.05, 0) is 29.8 Å². The van der Waals surface area contributed by atoms with Crippen molar-refractivity contribution in [2.24, 2.45) is 0 Å². The maximum absolute atomic E-state index is 13.1. The van der Waals surface area contributed by atoms with Gasteiger partial charge in [0.05, 0.1) is 11.6 Å². The van der Waals surface area contributed by atoms with Crippen LogP contribution < -0.4 is 5.32 Å². The first kappa shape index (κ1) is 15.3. The van der Waals surface area contributed by atoms with E-state index in [1.54, 1.807) is 0 Å². The second-order valence-electron chi connectivity index (χ2n) is 5.90. The van der Waals surface area contributed by atoms with E-state index in [1.165, 1.54) is 24.3 Å². The van der Waals surface area contributed by atoms with Crippen molar-refractivity contribution in [3.63, 3.8) is 0 Å². The van der Waals surface area contributed by atoms with Crippen LogP contribution in [-0.4, -0.2) is 21.9 Å². The molecule has 1 aliphatic heterocycles. The summed E-state index contributed by atoms with van der Waals surface area (Å²) in [7, 11) is 0. The third-order valence-electron chi connectivity index (χ3n) is 4.31. The van der Waals surface area contributed by atoms with E-state index in [0.29, 0.717) is 22.6 Å². The number of carbonyl (C=O) groups is 2. The van der Waals surface area contributed by atoms with E-state index in [9.17, 15) is 14.0 Å². The van der Waals surface area contributed by atoms with Gasteiger partial charge in [-0.15, -0.1) is 0 Å². The fourth-order valence-electron chi connectivity index (χ4n) is 3.12. The Morgan fingerprint density at radius 1 is 1.08 bits per heavy atom. The minimum absolute atomic E-state index is 0.0303. The third kappa shape index (κ3) is 2.71. The monoisotopic (exact) mass is 335 g/mol. The predicted octanol–water partition coefficient (Wildman–Crippen LogP) is 3.52. The van der Waals surface area contributed by atoms with Gasteiger partial charge in [-0.2, -0.15) is 5.10 Å². The first-order valence-electron chi connectivity index (χ1n) is 7.87. The molecule has 0 saturated carbocycles. The van der Waals surface area contributed by atoms with Crippen molar-refractivity contribution >= 4 is 17.5 Å². The lowest BCUT2D eigenvalue weighted by Gasteiger charge is -2.22. The number of H-pyrrole nitrogens is 1. The summed E-state index contributed by atoms with van der Waals surface area (Å²) < 4.78 is 13.1. The SMILES string of the molecule is O=C1CC(C(=O)c2ccc(F)cc2)c2c(n[nH]c2-c2ccccc2)N1. The first-order valence-corrected chi connectivity index (χ1v) is 7.87. The topological polar surface area (TPSA) is 74.8 Å². The molecule has 0 radical (unpaired) electrons. The fraction of sp³-hybridized carbons (Fsp3) is 0.105. The zero-order valence-electron chi connectivity index (χ0n) is 13.1. The van der Waals surface area contributed by atoms with Gasteiger partial charge in [0.2, 0.25) is 5.91 Å². The number of nitrogens with one attached hydrogen (secondary N) is 2. The van der Waals surface area contributed by atoms with Crippen LogP contribution in [0.2, 0.25) is 0 Å². The van der Waals surface area contributed by atoms with Crippen LogP contribution in [0.3, 0.4) is 0 Å². The van der Waals surface area contributed by atoms with Crippen molar-refractivity contribution in [2.75, 3.05) is 5.32 Å². The average molecular weight is 335 g/mol. The molecular formula is C19H14FN3O2. The Hall–Kier alpha value is -3.28. The van der Waals surface area contributed by atoms with Gasteiger partial charge in [0.15, 0.2) is 11.6 Å². The van der Waals surface area contributed by atoms with Crippen LogP contribution >= 0.6 is 0 Å². The molecule has 124 valence electrons. The van der Waals surface area contributed by atoms with Gasteiger partial charge in [0, 0.05) is 17.5 Å². The Balaban J connectivity index is 1.81. The van der Waals surface area contributed by atoms with Crippen LogP contribution in [0.15, 0.2) is 54.6 Å². The number of nitrogens with zero attached hydrogens (tertiary/aromatic N) is 1. The largest absolute Gasteiger partial charge is 0.309 e. The molecule has 1 unspecified atom stereocenters. The van der Waals surface area contributed by atoms with Gasteiger partial charge < -0.3 is 5.32 Å². The highest BCUT2D eigenvalue weighted by Crippen LogP contribution is 2.39. The summed E-state index contributed by atoms with van der Waals surface area (Å²) in [5, 5.41) is 9.78. The van der Waals surface area contributed by atoms with Crippen LogP contribution in [0.1, 0.15) is 28.3 Å². The van der Waals surface area contributed by atoms with Crippen molar-refractivity contribution in [1.29, 1.82) is 0 Å². The van der Waals surface area contributed by atoms with Crippen LogP contribution in [0, 0.1) is 5.82 Å². The first-order chi connectivity index (χ1) is 12.1. The van der Waals surface area contributed by atoms with Crippen molar-refractivity contribution in [1.82, 2.24) is 10.2 Å². The number of ketones is 1. The number of halogens is 1. The Labute approximate surface area is 142 Å². The van der Waals surface area contributed by atoms with E-state index < -0.39 is 11.7 Å². The average Bonchev–Trinajstić information content (AvgIpc) is 3.05. The number of carbonyl (C=O) groups excluding carboxylic acids is 2. The van der Waals surface area contributed by atoms with Gasteiger partial charge in [-0.1, -0.05) is 30.3 Å². The molecule has 1 amide bonds. The summed E-state index contributed by atoms with van der Waals surface area (Å²) in [5.41, 5.74) is 2.62. The lowest BCUT2D eigenvalue weighted by Crippen LogP contribution is -2.27. The number of benzene rings is 2. The molecule has 2 aromatic carbocycles. The molecule has 4 rings (SSSR count). The molecule has 0 fully saturated rings. The molecule has 1 aliphatic rings. The minimum atomic E-state index is -0.664. The zero-order valence-corrected chi connectivity index (χ0v) is 13.1. The quantitative estimate of drug-likeness (QED) is 0.719. The van der Waals surface area contributed by atoms with E-state index in [2.05, 4.69) is 15.5 Å². The van der Waals surface area contributed by atoms with E-state index in [0.717, 1.165) is 5.56 Å². The smallest absolute Gasteiger partial charge is 0.226 e. The highest BCUT2D eigenvalue weighted by atomic mass is 19.1. The van der Waals surface area contributed by atoms with E-state index in [1.807, 2.05) is 30.3 Å². The third-order valence-corrected chi connectivity index (χ3v) is 4.31. The minimum Gasteiger partial charge on any atom is -0.309 e. The molecule has 2 heterocycles. The molecule has 0 spiro atoms. The normalized spacial score (nSPS) is 16.2. The lowest BCUT2D eigenvalue weighted by atomic mass is 9.84. The summed E-state index contributed by atoms with van der Waals surface area (Å²) in [5.74, 6) is -1.20. The second-order valence-corrected chi connectivity index (χ2v) is 5.90. The van der Waals surface area contributed by atoms with Gasteiger partial charge in [-0.3, -0.25) is 14.7 Å². The highest BCUT2D eigenvalue weighted by Gasteiger charge is 2.35. The highest BCUT2D eigenvalue weighted by molar-refractivity contribution is 6.08. The number of aromatic amines is 1. The predicted molar refractivity (Wildman–Crippen MR) is 90.7 cm³/mol. The maximum atomic E-state index is 13.1. The van der Waals surface area contributed by atoms with Crippen LogP contribution in [0.25, 0.3) is 11.3 Å². The fourth-order valence-corrected chi connectivity index (χ4v) is 3.12. The summed E-state index contributed by atoms with van der Waals surface area (Å²) in [6.07, 6.45) is 0.0303. The number of aromatic nitrogens is 2. The molecule has 5 nitrogen and oxygen atoms in total. The van der Waals surface area contributed by atoms with Crippen LogP contribution in [-0.2, 0) is 4.79 Å². The number of anilines is 1. The molecule has 6 heteroatoms. The summed E-state index contributed by atoms with van der Waals surface area (Å²) in [6, 6.07) is 14.8. The molecule has 0 bridgehead atoms. The summed E-state index contributed by atoms with van der Waals surface area (Å²) in [4.78, 5) is 25.0. The number of fused-ring (bicyclic) bond motifs is 1. The molecule has 1 aromatic heterocycles. The Kier molecular flexibility index (Phi) is 3.65. The second kappa shape index (κ2) is 5.98. The molecule has 0 saturated heterocycles. The molecule has 1 atom stereocenters. The number of hydrogen-bond acceptors (Lipinski definition) is 3. The number of hydrogen-bond donors (Lipinski definition) is 2. The Morgan fingerprint density at radius 3 is 2.52 bits per heavy atom. The lowest BCUT2D eigenvalue weighted by molar-refractivity contribution is -0.116. The standard InChI is InChI=1S/C19H14FN3O2/c20-13-8-6-12(7-9-13)18(25)14-10-15(24)21-19-16(14)17(22-23-19)11-4-2-1-3-5-11/h1-9,14H,10H2,(H2,21,22,23,24). The van der Waals surface area contributed by atoms with Crippen molar-refractivity contribution in [2.45, 2.75) is 12.3 Å². The molecule has 25 heavy (non-hydrogen) atoms. The number of amides is 1. The summed E-state index contributed by atoms with van der Waals surface area (Å²) >= 11 is 0. The molecule has 0 aliphatic carbocycles. The van der Waals surface area contributed by atoms with E-state index >= 15 is 0 Å². The number of rotatable bonds is 3. The van der Waals surface area contributed by atoms with E-state index in [-0.39, 0.29) is 18.1 Å². The Bertz CT molecular complexity index is 949. The molecular weight excluding hydrogens is 321 g/mol. The summed E-state index contributed by atoms with van der Waals surface area (Å²) in [6.45, 7) is 0. The van der Waals surface area contributed by atoms with Crippen LogP contribution in [0.5, 0.6) is 0 Å². The van der Waals surface area contributed by atoms with Gasteiger partial charge in [0.1, 0.15) is 5.82 Å². The van der Waals surface area contributed by atoms with Gasteiger partial charge in [-0.25, -0.2) is 4.39 Å². The Morgan fingerprint density at radius 2 is 1.80 bits per heavy atom. The molecule has 3 aromatic rings. The number of Topliss-reactive ketones (excluding diaryl/α,β-unsaturated/α-hetero) is 1. The van der Waals surface area contributed by atoms with E-state index in [4.69, 9.17) is 0 Å². The van der Waals surface area contributed by atoms with Gasteiger partial charge in [0.25, 0.3) is 0 Å². The zero-order chi connectivity index (χ0) is 17.4. The van der Waals surface area contributed by atoms with Crippen molar-refractivity contribution in [3.05, 3.63) is 71.5 Å². The molecule has 2 N–H and O–H groups in total. The maximum Gasteiger partial charge on any atom is 0.226 e. The van der Waals surface area contributed by atoms with Gasteiger partial charge >= 0.3 is 0 Å². The van der Waals surface area contributed by atoms with Crippen molar-refractivity contribution < 1.29 is 14.0 Å².